The van der Waals surface area contributed by atoms with E-state index in [0.29, 0.717) is 28.4 Å². The minimum atomic E-state index is -1.96. The second kappa shape index (κ2) is 10.3. The van der Waals surface area contributed by atoms with E-state index in [1.807, 2.05) is 6.92 Å². The summed E-state index contributed by atoms with van der Waals surface area (Å²) in [6, 6.07) is 6.50. The molecule has 2 aromatic heterocycles. The Hall–Kier alpha value is -5.07. The molecule has 0 bridgehead atoms. The van der Waals surface area contributed by atoms with Crippen LogP contribution in [-0.2, 0) is 63.5 Å². The highest BCUT2D eigenvalue weighted by atomic mass is 16.7. The molecule has 2 amide bonds. The summed E-state index contributed by atoms with van der Waals surface area (Å²) in [6.45, 7) is 3.50. The number of benzene rings is 1. The maximum atomic E-state index is 13.8. The Bertz CT molecular complexity index is 1810. The molecule has 13 heteroatoms. The first kappa shape index (κ1) is 28.1. The molecule has 43 heavy (non-hydrogen) atoms. The molecule has 3 aliphatic heterocycles. The number of rotatable bonds is 7. The lowest BCUT2D eigenvalue weighted by atomic mass is 9.85. The number of hydroxylamine groups is 2. The topological polar surface area (TPSA) is 171 Å². The molecular formula is C30H27N3O10. The number of cyclic esters (lactones) is 1. The number of aromatic hydroxyl groups is 1. The molecule has 0 spiro atoms. The van der Waals surface area contributed by atoms with Crippen molar-refractivity contribution in [3.8, 4) is 17.1 Å². The third-order valence-electron chi connectivity index (χ3n) is 8.13. The second-order valence-corrected chi connectivity index (χ2v) is 10.6. The fourth-order valence-electron chi connectivity index (χ4n) is 5.97. The number of carbonyl (C=O) groups excluding carboxylic acids is 5. The molecule has 0 saturated carbocycles. The maximum Gasteiger partial charge on any atom is 0.355 e. The molecule has 5 heterocycles. The van der Waals surface area contributed by atoms with Gasteiger partial charge in [-0.1, -0.05) is 13.8 Å². The van der Waals surface area contributed by atoms with E-state index in [1.165, 1.54) is 6.07 Å². The van der Waals surface area contributed by atoms with Crippen molar-refractivity contribution in [3.05, 3.63) is 56.9 Å². The quantitative estimate of drug-likeness (QED) is 0.248. The highest BCUT2D eigenvalue weighted by Gasteiger charge is 2.50. The van der Waals surface area contributed by atoms with Gasteiger partial charge in [0.25, 0.3) is 17.4 Å². The van der Waals surface area contributed by atoms with Gasteiger partial charge in [0.1, 0.15) is 12.4 Å². The van der Waals surface area contributed by atoms with Gasteiger partial charge in [0.2, 0.25) is 5.60 Å². The zero-order valence-electron chi connectivity index (χ0n) is 23.4. The average Bonchev–Trinajstić information content (AvgIpc) is 3.51. The molecule has 1 aromatic carbocycles. The van der Waals surface area contributed by atoms with Crippen LogP contribution >= 0.6 is 0 Å². The van der Waals surface area contributed by atoms with Crippen LogP contribution in [0.1, 0.15) is 68.2 Å². The smallest absolute Gasteiger partial charge is 0.355 e. The monoisotopic (exact) mass is 589 g/mol. The number of phenolic OH excluding ortho intramolecular Hbond substituents is 1. The van der Waals surface area contributed by atoms with Crippen molar-refractivity contribution in [3.63, 3.8) is 0 Å². The number of esters is 2. The number of aromatic nitrogens is 2. The van der Waals surface area contributed by atoms with E-state index >= 15 is 0 Å². The molecule has 1 N–H and O–H groups in total. The Kier molecular flexibility index (Phi) is 6.74. The van der Waals surface area contributed by atoms with Crippen molar-refractivity contribution in [1.82, 2.24) is 14.6 Å². The van der Waals surface area contributed by atoms with Gasteiger partial charge in [-0.25, -0.2) is 14.6 Å². The van der Waals surface area contributed by atoms with E-state index in [-0.39, 0.29) is 49.3 Å². The molecule has 1 fully saturated rings. The molecule has 0 aliphatic carbocycles. The molecule has 3 aromatic rings. The average molecular weight is 590 g/mol. The SMILES string of the molecule is CCc1c2c(nc3ccc(O)cc13)-c1cc3c(c(=O)n1C2)COC(=O)[C@@]3(CC)OC(=O)CCC(=O)ON1C(=O)CCC1=O. The number of hydrogen-bond donors (Lipinski definition) is 1. The summed E-state index contributed by atoms with van der Waals surface area (Å²) in [5, 5.41) is 11.2. The summed E-state index contributed by atoms with van der Waals surface area (Å²) in [7, 11) is 0. The van der Waals surface area contributed by atoms with Gasteiger partial charge in [-0.3, -0.25) is 19.2 Å². The van der Waals surface area contributed by atoms with Gasteiger partial charge in [-0.05, 0) is 42.7 Å². The number of imide groups is 1. The van der Waals surface area contributed by atoms with Gasteiger partial charge in [0.05, 0.1) is 41.9 Å². The number of ether oxygens (including phenoxy) is 2. The number of aryl methyl sites for hydroxylation is 1. The number of phenols is 1. The standard InChI is InChI=1S/C30H27N3O10/c1-3-16-17-11-15(34)5-6-21(17)31-27-18(16)13-32-22(27)12-20-19(28(32)39)14-41-29(40)30(20,4-2)42-25(37)9-10-26(38)43-33-23(35)7-8-24(33)36/h5-6,11-12,34H,3-4,7-10,13-14H2,1-2H3/t30-/m0/s1. The third-order valence-corrected chi connectivity index (χ3v) is 8.13. The van der Waals surface area contributed by atoms with Gasteiger partial charge in [0, 0.05) is 29.4 Å². The Morgan fingerprint density at radius 1 is 1.02 bits per heavy atom. The Morgan fingerprint density at radius 3 is 2.44 bits per heavy atom. The zero-order chi connectivity index (χ0) is 30.6. The fourth-order valence-corrected chi connectivity index (χ4v) is 5.97. The first-order chi connectivity index (χ1) is 20.6. The largest absolute Gasteiger partial charge is 0.508 e. The molecule has 6 rings (SSSR count). The van der Waals surface area contributed by atoms with Crippen molar-refractivity contribution in [2.75, 3.05) is 0 Å². The number of amides is 2. The predicted octanol–water partition coefficient (Wildman–Crippen LogP) is 2.29. The summed E-state index contributed by atoms with van der Waals surface area (Å²) in [5.41, 5.74) is 1.37. The van der Waals surface area contributed by atoms with Crippen LogP contribution in [0.3, 0.4) is 0 Å². The lowest BCUT2D eigenvalue weighted by molar-refractivity contribution is -0.198. The summed E-state index contributed by atoms with van der Waals surface area (Å²) in [4.78, 5) is 85.2. The molecule has 0 unspecified atom stereocenters. The highest BCUT2D eigenvalue weighted by molar-refractivity contribution is 6.01. The molecular weight excluding hydrogens is 562 g/mol. The van der Waals surface area contributed by atoms with Crippen LogP contribution in [0.2, 0.25) is 0 Å². The Balaban J connectivity index is 1.34. The minimum Gasteiger partial charge on any atom is -0.508 e. The minimum absolute atomic E-state index is 0.0633. The number of hydrogen-bond acceptors (Lipinski definition) is 11. The zero-order valence-corrected chi connectivity index (χ0v) is 23.4. The second-order valence-electron chi connectivity index (χ2n) is 10.6. The van der Waals surface area contributed by atoms with Crippen molar-refractivity contribution >= 4 is 40.6 Å². The van der Waals surface area contributed by atoms with Crippen LogP contribution in [0.5, 0.6) is 5.75 Å². The van der Waals surface area contributed by atoms with E-state index in [4.69, 9.17) is 19.3 Å². The van der Waals surface area contributed by atoms with Crippen molar-refractivity contribution < 1.29 is 43.4 Å². The number of nitrogens with zero attached hydrogens (tertiary/aromatic N) is 3. The van der Waals surface area contributed by atoms with Crippen LogP contribution in [0.25, 0.3) is 22.3 Å². The Morgan fingerprint density at radius 2 is 1.74 bits per heavy atom. The van der Waals surface area contributed by atoms with Gasteiger partial charge < -0.3 is 24.0 Å². The van der Waals surface area contributed by atoms with E-state index in [9.17, 15) is 33.9 Å². The van der Waals surface area contributed by atoms with Gasteiger partial charge in [0.15, 0.2) is 0 Å². The lowest BCUT2D eigenvalue weighted by Crippen LogP contribution is -2.47. The normalized spacial score (nSPS) is 18.7. The van der Waals surface area contributed by atoms with Crippen LogP contribution in [0.4, 0.5) is 0 Å². The van der Waals surface area contributed by atoms with Crippen molar-refractivity contribution in [2.45, 2.75) is 71.1 Å². The summed E-state index contributed by atoms with van der Waals surface area (Å²) in [6.07, 6.45) is -0.632. The number of pyridine rings is 2. The summed E-state index contributed by atoms with van der Waals surface area (Å²) >= 11 is 0. The summed E-state index contributed by atoms with van der Waals surface area (Å²) < 4.78 is 12.6. The van der Waals surface area contributed by atoms with E-state index in [1.54, 1.807) is 29.7 Å². The number of carbonyl (C=O) groups is 5. The van der Waals surface area contributed by atoms with Crippen LogP contribution < -0.4 is 5.56 Å². The maximum absolute atomic E-state index is 13.8. The highest BCUT2D eigenvalue weighted by Crippen LogP contribution is 2.42. The van der Waals surface area contributed by atoms with Crippen molar-refractivity contribution in [1.29, 1.82) is 0 Å². The fraction of sp³-hybridized carbons (Fsp3) is 0.367. The summed E-state index contributed by atoms with van der Waals surface area (Å²) in [5.74, 6) is -4.00. The van der Waals surface area contributed by atoms with Crippen molar-refractivity contribution in [2.24, 2.45) is 0 Å². The predicted molar refractivity (Wildman–Crippen MR) is 146 cm³/mol. The van der Waals surface area contributed by atoms with E-state index < -0.39 is 53.7 Å². The lowest BCUT2D eigenvalue weighted by Gasteiger charge is -2.35. The number of fused-ring (bicyclic) bond motifs is 5. The molecule has 13 nitrogen and oxygen atoms in total. The van der Waals surface area contributed by atoms with E-state index in [0.717, 1.165) is 16.5 Å². The first-order valence-corrected chi connectivity index (χ1v) is 14.0. The van der Waals surface area contributed by atoms with Crippen LogP contribution in [0, 0.1) is 0 Å². The van der Waals surface area contributed by atoms with Gasteiger partial charge in [-0.15, -0.1) is 5.06 Å². The van der Waals surface area contributed by atoms with E-state index in [2.05, 4.69) is 0 Å². The first-order valence-electron chi connectivity index (χ1n) is 14.0. The molecule has 3 aliphatic rings. The molecule has 222 valence electrons. The molecule has 0 radical (unpaired) electrons. The molecule has 1 atom stereocenters. The van der Waals surface area contributed by atoms with Crippen LogP contribution in [-0.4, -0.2) is 49.4 Å². The van der Waals surface area contributed by atoms with Gasteiger partial charge >= 0.3 is 17.9 Å². The Labute approximate surface area is 243 Å². The third kappa shape index (κ3) is 4.42. The molecule has 1 saturated heterocycles. The van der Waals surface area contributed by atoms with Crippen LogP contribution in [0.15, 0.2) is 29.1 Å². The van der Waals surface area contributed by atoms with Gasteiger partial charge in [-0.2, -0.15) is 0 Å².